The molecule has 3 N–H and O–H groups in total. The summed E-state index contributed by atoms with van der Waals surface area (Å²) in [6.45, 7) is 16.0. The standard InChI is InChI=1S/C41H68O14/c1-20-17-21(2)33(50-25(20)6)29-14-13-27(51-29)28-15-16-31(52-28)39(8)36(48-11)24(5)41(55-39)22(3)30(46-9)18-26(53-41)19-32-38(7,49-12)35(47-10)23(4)40(45,54-32)34(42)37(43)44/h21-24,26-36,42,45H,13-19H2,1-12H3,(H,43,44)/t21-,22+,23-,24+,26-,27+,28-,29+,30+,31+,32+,33-,34-,35-,36+,38-,39+,40-,41-/m0/s1. The molecule has 6 rings (SSSR count). The summed E-state index contributed by atoms with van der Waals surface area (Å²) in [5.41, 5.74) is -0.742. The minimum absolute atomic E-state index is 0.0253. The lowest BCUT2D eigenvalue weighted by atomic mass is 9.73. The van der Waals surface area contributed by atoms with Crippen LogP contribution >= 0.6 is 0 Å². The first-order chi connectivity index (χ1) is 25.8. The van der Waals surface area contributed by atoms with Crippen LogP contribution in [0.4, 0.5) is 0 Å². The number of ether oxygens (including phenoxy) is 10. The van der Waals surface area contributed by atoms with Crippen molar-refractivity contribution in [1.29, 1.82) is 0 Å². The van der Waals surface area contributed by atoms with Crippen molar-refractivity contribution in [2.45, 2.75) is 190 Å². The molecular weight excluding hydrogens is 716 g/mol. The molecule has 55 heavy (non-hydrogen) atoms. The Labute approximate surface area is 326 Å². The zero-order chi connectivity index (χ0) is 40.4. The van der Waals surface area contributed by atoms with Gasteiger partial charge in [-0.1, -0.05) is 27.7 Å². The average Bonchev–Trinajstić information content (AvgIpc) is 3.88. The summed E-state index contributed by atoms with van der Waals surface area (Å²) >= 11 is 0. The molecule has 14 nitrogen and oxygen atoms in total. The van der Waals surface area contributed by atoms with Crippen LogP contribution in [-0.4, -0.2) is 140 Å². The number of aliphatic carboxylic acids is 1. The lowest BCUT2D eigenvalue weighted by Gasteiger charge is -2.56. The lowest BCUT2D eigenvalue weighted by Crippen LogP contribution is -2.72. The minimum atomic E-state index is -2.47. The zero-order valence-electron chi connectivity index (χ0n) is 34.9. The van der Waals surface area contributed by atoms with Gasteiger partial charge in [0.05, 0.1) is 60.7 Å². The first-order valence-electron chi connectivity index (χ1n) is 20.3. The Hall–Kier alpha value is -1.43. The summed E-state index contributed by atoms with van der Waals surface area (Å²) in [6, 6.07) is 0. The van der Waals surface area contributed by atoms with Gasteiger partial charge in [-0.2, -0.15) is 0 Å². The van der Waals surface area contributed by atoms with Gasteiger partial charge in [0.25, 0.3) is 0 Å². The van der Waals surface area contributed by atoms with Crippen LogP contribution in [0.1, 0.15) is 100 Å². The Morgan fingerprint density at radius 3 is 2.11 bits per heavy atom. The molecule has 6 aliphatic heterocycles. The Kier molecular flexibility index (Phi) is 12.5. The maximum atomic E-state index is 12.0. The number of methoxy groups -OCH3 is 4. The van der Waals surface area contributed by atoms with Crippen molar-refractivity contribution in [1.82, 2.24) is 0 Å². The fourth-order valence-electron chi connectivity index (χ4n) is 11.3. The molecule has 5 saturated heterocycles. The van der Waals surface area contributed by atoms with Crippen molar-refractivity contribution < 1.29 is 67.5 Å². The summed E-state index contributed by atoms with van der Waals surface area (Å²) in [5.74, 6) is -5.33. The monoisotopic (exact) mass is 784 g/mol. The SMILES string of the molecule is CO[C@@H]1[C@@H](C)[C@@]2(O[C@H](C[C@H]3O[C@](O)([C@@H](O)C(=O)O)[C@@H](C)[C@H](OC)[C@@]3(C)OC)C[C@@H](OC)[C@H]2C)O[C@]1(C)[C@H]1CC[C@@H]([C@H]2CC[C@H]([C@H]3OC(C)=C(C)C[C@@H]3C)O2)O1. The highest BCUT2D eigenvalue weighted by atomic mass is 16.7. The van der Waals surface area contributed by atoms with E-state index in [1.807, 2.05) is 6.92 Å². The summed E-state index contributed by atoms with van der Waals surface area (Å²) in [6.07, 6.45) is -0.616. The number of aliphatic hydroxyl groups is 2. The van der Waals surface area contributed by atoms with Crippen molar-refractivity contribution >= 4 is 5.97 Å². The number of aliphatic hydroxyl groups excluding tert-OH is 1. The molecule has 1 spiro atoms. The Balaban J connectivity index is 1.22. The average molecular weight is 785 g/mol. The predicted octanol–water partition coefficient (Wildman–Crippen LogP) is 4.36. The molecule has 6 heterocycles. The van der Waals surface area contributed by atoms with E-state index in [1.54, 1.807) is 28.1 Å². The Morgan fingerprint density at radius 2 is 1.49 bits per heavy atom. The Morgan fingerprint density at radius 1 is 0.855 bits per heavy atom. The fraction of sp³-hybridized carbons (Fsp3) is 0.927. The van der Waals surface area contributed by atoms with Gasteiger partial charge < -0.3 is 62.7 Å². The van der Waals surface area contributed by atoms with E-state index < -0.39 is 65.2 Å². The lowest BCUT2D eigenvalue weighted by molar-refractivity contribution is -0.389. The maximum Gasteiger partial charge on any atom is 0.338 e. The van der Waals surface area contributed by atoms with Crippen LogP contribution in [0.2, 0.25) is 0 Å². The second kappa shape index (κ2) is 16.0. The number of rotatable bonds is 11. The summed E-state index contributed by atoms with van der Waals surface area (Å²) in [5, 5.41) is 32.1. The van der Waals surface area contributed by atoms with E-state index in [1.165, 1.54) is 19.8 Å². The summed E-state index contributed by atoms with van der Waals surface area (Å²) in [4.78, 5) is 12.0. The number of allylic oxidation sites excluding steroid dienone is 2. The van der Waals surface area contributed by atoms with Gasteiger partial charge in [-0.05, 0) is 71.3 Å². The number of hydrogen-bond acceptors (Lipinski definition) is 13. The zero-order valence-corrected chi connectivity index (χ0v) is 34.9. The maximum absolute atomic E-state index is 12.0. The smallest absolute Gasteiger partial charge is 0.338 e. The van der Waals surface area contributed by atoms with Gasteiger partial charge in [-0.25, -0.2) is 4.79 Å². The van der Waals surface area contributed by atoms with E-state index >= 15 is 0 Å². The normalized spacial score (nSPS) is 51.1. The molecule has 0 amide bonds. The number of carboxylic acids is 1. The first-order valence-corrected chi connectivity index (χ1v) is 20.3. The molecule has 0 aromatic heterocycles. The number of hydrogen-bond donors (Lipinski definition) is 3. The third-order valence-corrected chi connectivity index (χ3v) is 14.7. The predicted molar refractivity (Wildman–Crippen MR) is 198 cm³/mol. The first kappa shape index (κ1) is 43.2. The van der Waals surface area contributed by atoms with Gasteiger partial charge in [-0.15, -0.1) is 0 Å². The van der Waals surface area contributed by atoms with Crippen LogP contribution in [0.3, 0.4) is 0 Å². The van der Waals surface area contributed by atoms with E-state index in [9.17, 15) is 20.1 Å². The highest BCUT2D eigenvalue weighted by Gasteiger charge is 2.69. The van der Waals surface area contributed by atoms with Crippen LogP contribution in [0.15, 0.2) is 11.3 Å². The van der Waals surface area contributed by atoms with Crippen molar-refractivity contribution in [2.75, 3.05) is 28.4 Å². The molecule has 6 aliphatic rings. The summed E-state index contributed by atoms with van der Waals surface area (Å²) in [7, 11) is 6.34. The number of carboxylic acid groups (broad SMARTS) is 1. The largest absolute Gasteiger partial charge is 0.492 e. The minimum Gasteiger partial charge on any atom is -0.492 e. The van der Waals surface area contributed by atoms with Crippen molar-refractivity contribution in [3.05, 3.63) is 11.3 Å². The van der Waals surface area contributed by atoms with Gasteiger partial charge in [-0.3, -0.25) is 0 Å². The third-order valence-electron chi connectivity index (χ3n) is 14.7. The van der Waals surface area contributed by atoms with Crippen LogP contribution in [0.25, 0.3) is 0 Å². The van der Waals surface area contributed by atoms with Gasteiger partial charge in [0.15, 0.2) is 5.79 Å². The topological polar surface area (TPSA) is 170 Å². The van der Waals surface area contributed by atoms with E-state index in [2.05, 4.69) is 34.6 Å². The van der Waals surface area contributed by atoms with Crippen LogP contribution in [0.5, 0.6) is 0 Å². The van der Waals surface area contributed by atoms with Gasteiger partial charge in [0, 0.05) is 59.0 Å². The Bertz CT molecular complexity index is 1410. The van der Waals surface area contributed by atoms with Crippen LogP contribution in [0, 0.1) is 23.7 Å². The molecule has 0 aromatic rings. The van der Waals surface area contributed by atoms with Crippen molar-refractivity contribution in [3.8, 4) is 0 Å². The molecular formula is C41H68O14. The second-order valence-electron chi connectivity index (χ2n) is 17.8. The molecule has 0 saturated carbocycles. The van der Waals surface area contributed by atoms with E-state index in [4.69, 9.17) is 47.4 Å². The van der Waals surface area contributed by atoms with Crippen LogP contribution < -0.4 is 0 Å². The van der Waals surface area contributed by atoms with Gasteiger partial charge in [0.1, 0.15) is 17.3 Å². The highest BCUT2D eigenvalue weighted by Crippen LogP contribution is 2.57. The molecule has 14 heteroatoms. The molecule has 0 aliphatic carbocycles. The summed E-state index contributed by atoms with van der Waals surface area (Å²) < 4.78 is 64.8. The van der Waals surface area contributed by atoms with Crippen molar-refractivity contribution in [3.63, 3.8) is 0 Å². The molecule has 0 radical (unpaired) electrons. The molecule has 19 atom stereocenters. The molecule has 316 valence electrons. The molecule has 5 fully saturated rings. The van der Waals surface area contributed by atoms with Gasteiger partial charge >= 0.3 is 5.97 Å². The van der Waals surface area contributed by atoms with E-state index in [-0.39, 0.29) is 54.9 Å². The fourth-order valence-corrected chi connectivity index (χ4v) is 11.3. The quantitative estimate of drug-likeness (QED) is 0.270. The second-order valence-corrected chi connectivity index (χ2v) is 17.8. The molecule has 0 unspecified atom stereocenters. The van der Waals surface area contributed by atoms with Crippen LogP contribution in [-0.2, 0) is 52.2 Å². The van der Waals surface area contributed by atoms with E-state index in [0.29, 0.717) is 12.3 Å². The molecule has 0 aromatic carbocycles. The van der Waals surface area contributed by atoms with E-state index in [0.717, 1.165) is 37.9 Å². The highest BCUT2D eigenvalue weighted by molar-refractivity contribution is 5.73. The molecule has 0 bridgehead atoms. The third kappa shape index (κ3) is 7.10. The number of carbonyl (C=O) groups is 1. The van der Waals surface area contributed by atoms with Crippen molar-refractivity contribution in [2.24, 2.45) is 23.7 Å². The van der Waals surface area contributed by atoms with Gasteiger partial charge in [0.2, 0.25) is 11.9 Å².